The zero-order valence-corrected chi connectivity index (χ0v) is 10.5. The van der Waals surface area contributed by atoms with Crippen molar-refractivity contribution in [3.05, 3.63) is 24.0 Å². The molecular weight excluding hydrogens is 200 g/mol. The standard InChI is InChI=1S/C14H22O2/c1-4-7-11-12(8-5-2)14(16-3)10-6-9-13(11)15/h6,9-12H,4-5,7-8H2,1-3H3/t11-,12-/m0/s1. The van der Waals surface area contributed by atoms with Crippen LogP contribution in [0.4, 0.5) is 0 Å². The molecule has 2 nitrogen and oxygen atoms in total. The Bertz CT molecular complexity index is 289. The molecule has 0 aliphatic heterocycles. The average Bonchev–Trinajstić information content (AvgIpc) is 2.42. The number of carbonyl (C=O) groups excluding carboxylic acids is 1. The second-order valence-electron chi connectivity index (χ2n) is 4.32. The fraction of sp³-hybridized carbons (Fsp3) is 0.643. The fourth-order valence-corrected chi connectivity index (χ4v) is 2.41. The molecule has 0 radical (unpaired) electrons. The summed E-state index contributed by atoms with van der Waals surface area (Å²) in [5, 5.41) is 0. The Morgan fingerprint density at radius 3 is 2.38 bits per heavy atom. The van der Waals surface area contributed by atoms with Crippen LogP contribution < -0.4 is 0 Å². The highest BCUT2D eigenvalue weighted by molar-refractivity contribution is 5.92. The zero-order chi connectivity index (χ0) is 12.0. The lowest BCUT2D eigenvalue weighted by Crippen LogP contribution is -2.24. The molecule has 0 spiro atoms. The van der Waals surface area contributed by atoms with E-state index in [-0.39, 0.29) is 17.6 Å². The minimum absolute atomic E-state index is 0.106. The van der Waals surface area contributed by atoms with Crippen molar-refractivity contribution in [1.29, 1.82) is 0 Å². The number of allylic oxidation sites excluding steroid dienone is 4. The summed E-state index contributed by atoms with van der Waals surface area (Å²) in [6.45, 7) is 4.28. The average molecular weight is 222 g/mol. The number of ether oxygens (including phenoxy) is 1. The number of methoxy groups -OCH3 is 1. The van der Waals surface area contributed by atoms with Gasteiger partial charge in [-0.3, -0.25) is 4.79 Å². The Balaban J connectivity index is 2.93. The molecule has 0 fully saturated rings. The first-order valence-electron chi connectivity index (χ1n) is 6.20. The van der Waals surface area contributed by atoms with E-state index in [2.05, 4.69) is 13.8 Å². The molecule has 0 saturated carbocycles. The van der Waals surface area contributed by atoms with Gasteiger partial charge < -0.3 is 4.74 Å². The molecule has 0 aromatic carbocycles. The summed E-state index contributed by atoms with van der Waals surface area (Å²) in [5.41, 5.74) is 0. The fourth-order valence-electron chi connectivity index (χ4n) is 2.41. The van der Waals surface area contributed by atoms with Gasteiger partial charge in [0.05, 0.1) is 12.9 Å². The van der Waals surface area contributed by atoms with Gasteiger partial charge in [0.25, 0.3) is 0 Å². The van der Waals surface area contributed by atoms with Crippen molar-refractivity contribution in [2.24, 2.45) is 11.8 Å². The van der Waals surface area contributed by atoms with Crippen molar-refractivity contribution < 1.29 is 9.53 Å². The number of rotatable bonds is 5. The van der Waals surface area contributed by atoms with Crippen LogP contribution in [-0.4, -0.2) is 12.9 Å². The normalized spacial score (nSPS) is 25.2. The maximum Gasteiger partial charge on any atom is 0.159 e. The molecule has 2 heteroatoms. The maximum atomic E-state index is 12.0. The van der Waals surface area contributed by atoms with Gasteiger partial charge in [-0.2, -0.15) is 0 Å². The van der Waals surface area contributed by atoms with Gasteiger partial charge in [-0.15, -0.1) is 0 Å². The van der Waals surface area contributed by atoms with Crippen molar-refractivity contribution in [3.63, 3.8) is 0 Å². The van der Waals surface area contributed by atoms with Gasteiger partial charge in [-0.05, 0) is 25.0 Å². The van der Waals surface area contributed by atoms with Gasteiger partial charge in [-0.1, -0.05) is 32.8 Å². The zero-order valence-electron chi connectivity index (χ0n) is 10.5. The molecule has 0 aromatic rings. The first kappa shape index (κ1) is 13.0. The van der Waals surface area contributed by atoms with Gasteiger partial charge in [0, 0.05) is 11.8 Å². The summed E-state index contributed by atoms with van der Waals surface area (Å²) >= 11 is 0. The molecule has 2 atom stereocenters. The SMILES string of the molecule is CCC[C@@H]1C(=O)C=CC=C(OC)[C@H]1CCC. The molecule has 0 bridgehead atoms. The smallest absolute Gasteiger partial charge is 0.159 e. The van der Waals surface area contributed by atoms with Gasteiger partial charge >= 0.3 is 0 Å². The number of carbonyl (C=O) groups is 1. The highest BCUT2D eigenvalue weighted by Gasteiger charge is 2.30. The van der Waals surface area contributed by atoms with Crippen molar-refractivity contribution in [1.82, 2.24) is 0 Å². The summed E-state index contributed by atoms with van der Waals surface area (Å²) < 4.78 is 5.42. The van der Waals surface area contributed by atoms with Crippen LogP contribution in [0.15, 0.2) is 24.0 Å². The first-order chi connectivity index (χ1) is 7.74. The minimum atomic E-state index is 0.106. The van der Waals surface area contributed by atoms with E-state index in [4.69, 9.17) is 4.74 Å². The monoisotopic (exact) mass is 222 g/mol. The van der Waals surface area contributed by atoms with Gasteiger partial charge in [0.2, 0.25) is 0 Å². The summed E-state index contributed by atoms with van der Waals surface area (Å²) in [6.07, 6.45) is 9.55. The second kappa shape index (κ2) is 6.51. The van der Waals surface area contributed by atoms with Gasteiger partial charge in [0.1, 0.15) is 0 Å². The second-order valence-corrected chi connectivity index (χ2v) is 4.32. The summed E-state index contributed by atoms with van der Waals surface area (Å²) in [5.74, 6) is 1.58. The van der Waals surface area contributed by atoms with Crippen molar-refractivity contribution in [3.8, 4) is 0 Å². The molecule has 1 aliphatic carbocycles. The quantitative estimate of drug-likeness (QED) is 0.711. The van der Waals surface area contributed by atoms with E-state index >= 15 is 0 Å². The summed E-state index contributed by atoms with van der Waals surface area (Å²) in [6, 6.07) is 0. The summed E-state index contributed by atoms with van der Waals surface area (Å²) in [4.78, 5) is 12.0. The van der Waals surface area contributed by atoms with Crippen molar-refractivity contribution >= 4 is 5.78 Å². The Morgan fingerprint density at radius 2 is 1.81 bits per heavy atom. The lowest BCUT2D eigenvalue weighted by Gasteiger charge is -2.25. The molecule has 0 unspecified atom stereocenters. The molecule has 1 aliphatic rings. The minimum Gasteiger partial charge on any atom is -0.501 e. The molecule has 0 heterocycles. The van der Waals surface area contributed by atoms with E-state index in [1.54, 1.807) is 13.2 Å². The molecule has 0 N–H and O–H groups in total. The highest BCUT2D eigenvalue weighted by atomic mass is 16.5. The molecule has 0 amide bonds. The molecule has 0 aromatic heterocycles. The van der Waals surface area contributed by atoms with E-state index in [0.29, 0.717) is 0 Å². The lowest BCUT2D eigenvalue weighted by molar-refractivity contribution is -0.120. The molecule has 1 rings (SSSR count). The summed E-state index contributed by atoms with van der Waals surface area (Å²) in [7, 11) is 1.70. The Hall–Kier alpha value is -1.05. The Morgan fingerprint density at radius 1 is 1.19 bits per heavy atom. The van der Waals surface area contributed by atoms with Crippen LogP contribution in [0.5, 0.6) is 0 Å². The van der Waals surface area contributed by atoms with E-state index in [1.807, 2.05) is 12.2 Å². The van der Waals surface area contributed by atoms with E-state index in [9.17, 15) is 4.79 Å². The predicted molar refractivity (Wildman–Crippen MR) is 66.0 cm³/mol. The third kappa shape index (κ3) is 2.97. The molecule has 16 heavy (non-hydrogen) atoms. The van der Waals surface area contributed by atoms with Crippen LogP contribution >= 0.6 is 0 Å². The van der Waals surface area contributed by atoms with Crippen LogP contribution in [0.1, 0.15) is 39.5 Å². The van der Waals surface area contributed by atoms with Crippen LogP contribution in [0.3, 0.4) is 0 Å². The van der Waals surface area contributed by atoms with E-state index in [0.717, 1.165) is 31.4 Å². The van der Waals surface area contributed by atoms with Crippen LogP contribution in [0.2, 0.25) is 0 Å². The van der Waals surface area contributed by atoms with Gasteiger partial charge in [-0.25, -0.2) is 0 Å². The Labute approximate surface area is 98.4 Å². The van der Waals surface area contributed by atoms with Crippen LogP contribution in [0, 0.1) is 11.8 Å². The molecule has 90 valence electrons. The molecule has 0 saturated heterocycles. The Kier molecular flexibility index (Phi) is 5.30. The third-order valence-corrected chi connectivity index (χ3v) is 3.17. The van der Waals surface area contributed by atoms with Crippen molar-refractivity contribution in [2.75, 3.05) is 7.11 Å². The molecular formula is C14H22O2. The first-order valence-corrected chi connectivity index (χ1v) is 6.20. The number of hydrogen-bond acceptors (Lipinski definition) is 2. The largest absolute Gasteiger partial charge is 0.501 e. The van der Waals surface area contributed by atoms with Crippen LogP contribution in [-0.2, 0) is 9.53 Å². The van der Waals surface area contributed by atoms with E-state index in [1.165, 1.54) is 0 Å². The maximum absolute atomic E-state index is 12.0. The number of ketones is 1. The topological polar surface area (TPSA) is 26.3 Å². The number of hydrogen-bond donors (Lipinski definition) is 0. The van der Waals surface area contributed by atoms with Crippen LogP contribution in [0.25, 0.3) is 0 Å². The lowest BCUT2D eigenvalue weighted by atomic mass is 9.82. The van der Waals surface area contributed by atoms with Crippen molar-refractivity contribution in [2.45, 2.75) is 39.5 Å². The highest BCUT2D eigenvalue weighted by Crippen LogP contribution is 2.32. The van der Waals surface area contributed by atoms with E-state index < -0.39 is 0 Å². The predicted octanol–water partition coefficient (Wildman–Crippen LogP) is 3.49. The third-order valence-electron chi connectivity index (χ3n) is 3.17. The van der Waals surface area contributed by atoms with Gasteiger partial charge in [0.15, 0.2) is 5.78 Å².